The molecule has 8 heavy (non-hydrogen) atoms. The van der Waals surface area contributed by atoms with E-state index in [4.69, 9.17) is 5.73 Å². The summed E-state index contributed by atoms with van der Waals surface area (Å²) >= 11 is 0. The summed E-state index contributed by atoms with van der Waals surface area (Å²) in [6, 6.07) is 0. The van der Waals surface area contributed by atoms with Gasteiger partial charge in [-0.1, -0.05) is 13.0 Å². The van der Waals surface area contributed by atoms with Crippen LogP contribution in [0.25, 0.3) is 0 Å². The number of hydrogen-bond donors (Lipinski definition) is 1. The van der Waals surface area contributed by atoms with E-state index in [0.717, 1.165) is 13.0 Å². The lowest BCUT2D eigenvalue weighted by atomic mass is 10.1. The Bertz CT molecular complexity index is 59.4. The zero-order chi connectivity index (χ0) is 6.41. The fourth-order valence-corrected chi connectivity index (χ4v) is 0.558. The van der Waals surface area contributed by atoms with Crippen LogP contribution in [0.4, 0.5) is 0 Å². The molecule has 48 valence electrons. The number of nitrogens with two attached hydrogens (primary N) is 1. The van der Waals surface area contributed by atoms with Crippen molar-refractivity contribution in [3.05, 3.63) is 12.7 Å². The van der Waals surface area contributed by atoms with E-state index < -0.39 is 0 Å². The molecular weight excluding hydrogens is 98.1 g/mol. The van der Waals surface area contributed by atoms with Crippen LogP contribution in [0.1, 0.15) is 19.8 Å². The molecule has 0 bridgehead atoms. The Labute approximate surface area is 51.6 Å². The molecule has 0 aliphatic heterocycles. The summed E-state index contributed by atoms with van der Waals surface area (Å²) in [6.45, 7) is 6.63. The summed E-state index contributed by atoms with van der Waals surface area (Å²) in [5.41, 5.74) is 5.30. The van der Waals surface area contributed by atoms with Gasteiger partial charge in [-0.3, -0.25) is 0 Å². The smallest absolute Gasteiger partial charge is 0.00771 e. The van der Waals surface area contributed by atoms with Crippen LogP contribution in [-0.2, 0) is 0 Å². The second-order valence-electron chi connectivity index (χ2n) is 2.14. The SMILES string of the molecule is C=CC(C)CCCN. The van der Waals surface area contributed by atoms with Gasteiger partial charge in [-0.15, -0.1) is 6.58 Å². The fourth-order valence-electron chi connectivity index (χ4n) is 0.558. The van der Waals surface area contributed by atoms with Crippen LogP contribution in [0.5, 0.6) is 0 Å². The second kappa shape index (κ2) is 4.85. The Morgan fingerprint density at radius 3 is 2.75 bits per heavy atom. The van der Waals surface area contributed by atoms with E-state index in [2.05, 4.69) is 13.5 Å². The zero-order valence-corrected chi connectivity index (χ0v) is 5.56. The molecule has 0 rings (SSSR count). The lowest BCUT2D eigenvalue weighted by molar-refractivity contribution is 0.614. The number of hydrogen-bond acceptors (Lipinski definition) is 1. The highest BCUT2D eigenvalue weighted by atomic mass is 14.5. The summed E-state index contributed by atoms with van der Waals surface area (Å²) in [4.78, 5) is 0. The molecule has 0 fully saturated rings. The summed E-state index contributed by atoms with van der Waals surface area (Å²) in [5, 5.41) is 0. The third kappa shape index (κ3) is 3.88. The van der Waals surface area contributed by atoms with E-state index >= 15 is 0 Å². The van der Waals surface area contributed by atoms with Gasteiger partial charge in [-0.2, -0.15) is 0 Å². The van der Waals surface area contributed by atoms with Crippen molar-refractivity contribution in [1.29, 1.82) is 0 Å². The van der Waals surface area contributed by atoms with Gasteiger partial charge in [-0.25, -0.2) is 0 Å². The molecule has 0 saturated heterocycles. The van der Waals surface area contributed by atoms with Crippen LogP contribution in [0, 0.1) is 5.92 Å². The second-order valence-corrected chi connectivity index (χ2v) is 2.14. The maximum atomic E-state index is 5.30. The van der Waals surface area contributed by atoms with Gasteiger partial charge in [0.1, 0.15) is 0 Å². The van der Waals surface area contributed by atoms with Gasteiger partial charge < -0.3 is 5.73 Å². The Morgan fingerprint density at radius 1 is 1.75 bits per heavy atom. The van der Waals surface area contributed by atoms with Crippen molar-refractivity contribution < 1.29 is 0 Å². The molecule has 1 heteroatoms. The van der Waals surface area contributed by atoms with Crippen LogP contribution in [0.3, 0.4) is 0 Å². The normalized spacial score (nSPS) is 13.2. The van der Waals surface area contributed by atoms with Crippen LogP contribution in [0.2, 0.25) is 0 Å². The molecule has 0 spiro atoms. The maximum absolute atomic E-state index is 5.30. The van der Waals surface area contributed by atoms with E-state index in [1.807, 2.05) is 6.08 Å². The molecule has 0 radical (unpaired) electrons. The van der Waals surface area contributed by atoms with Crippen molar-refractivity contribution in [2.24, 2.45) is 11.7 Å². The molecule has 1 nitrogen and oxygen atoms in total. The van der Waals surface area contributed by atoms with Crippen molar-refractivity contribution in [2.45, 2.75) is 19.8 Å². The minimum atomic E-state index is 0.638. The highest BCUT2D eigenvalue weighted by molar-refractivity contribution is 4.74. The Hall–Kier alpha value is -0.300. The van der Waals surface area contributed by atoms with Crippen molar-refractivity contribution >= 4 is 0 Å². The van der Waals surface area contributed by atoms with Crippen LogP contribution < -0.4 is 5.73 Å². The van der Waals surface area contributed by atoms with Crippen LogP contribution in [0.15, 0.2) is 12.7 Å². The summed E-state index contributed by atoms with van der Waals surface area (Å²) in [6.07, 6.45) is 4.27. The van der Waals surface area contributed by atoms with Gasteiger partial charge in [0, 0.05) is 0 Å². The van der Waals surface area contributed by atoms with Crippen molar-refractivity contribution in [3.8, 4) is 0 Å². The molecule has 0 aromatic rings. The number of allylic oxidation sites excluding steroid dienone is 1. The van der Waals surface area contributed by atoms with Gasteiger partial charge in [0.2, 0.25) is 0 Å². The van der Waals surface area contributed by atoms with Crippen molar-refractivity contribution in [3.63, 3.8) is 0 Å². The molecule has 0 aliphatic rings. The lowest BCUT2D eigenvalue weighted by Gasteiger charge is -2.00. The van der Waals surface area contributed by atoms with E-state index in [1.54, 1.807) is 0 Å². The summed E-state index contributed by atoms with van der Waals surface area (Å²) < 4.78 is 0. The standard InChI is InChI=1S/C7H15N/c1-3-7(2)5-4-6-8/h3,7H,1,4-6,8H2,2H3. The molecule has 0 saturated carbocycles. The third-order valence-electron chi connectivity index (χ3n) is 1.27. The molecule has 0 aromatic heterocycles. The third-order valence-corrected chi connectivity index (χ3v) is 1.27. The average molecular weight is 113 g/mol. The Kier molecular flexibility index (Phi) is 4.67. The van der Waals surface area contributed by atoms with Gasteiger partial charge in [0.15, 0.2) is 0 Å². The first-order chi connectivity index (χ1) is 3.81. The van der Waals surface area contributed by atoms with E-state index in [0.29, 0.717) is 5.92 Å². The highest BCUT2D eigenvalue weighted by Crippen LogP contribution is 2.03. The van der Waals surface area contributed by atoms with E-state index in [-0.39, 0.29) is 0 Å². The molecule has 2 N–H and O–H groups in total. The number of rotatable bonds is 4. The molecule has 0 heterocycles. The monoisotopic (exact) mass is 113 g/mol. The molecule has 1 unspecified atom stereocenters. The van der Waals surface area contributed by atoms with Gasteiger partial charge >= 0.3 is 0 Å². The summed E-state index contributed by atoms with van der Waals surface area (Å²) in [7, 11) is 0. The fraction of sp³-hybridized carbons (Fsp3) is 0.714. The molecule has 0 amide bonds. The predicted molar refractivity (Wildman–Crippen MR) is 37.6 cm³/mol. The van der Waals surface area contributed by atoms with Crippen molar-refractivity contribution in [1.82, 2.24) is 0 Å². The molecule has 1 atom stereocenters. The van der Waals surface area contributed by atoms with E-state index in [9.17, 15) is 0 Å². The van der Waals surface area contributed by atoms with Crippen LogP contribution >= 0.6 is 0 Å². The maximum Gasteiger partial charge on any atom is -0.00771 e. The minimum absolute atomic E-state index is 0.638. The first kappa shape index (κ1) is 7.70. The zero-order valence-electron chi connectivity index (χ0n) is 5.56. The first-order valence-electron chi connectivity index (χ1n) is 3.14. The predicted octanol–water partition coefficient (Wildman–Crippen LogP) is 1.55. The largest absolute Gasteiger partial charge is 0.330 e. The Balaban J connectivity index is 2.98. The van der Waals surface area contributed by atoms with E-state index in [1.165, 1.54) is 6.42 Å². The molecule has 0 aliphatic carbocycles. The molecule has 0 aromatic carbocycles. The highest BCUT2D eigenvalue weighted by Gasteiger charge is 1.91. The van der Waals surface area contributed by atoms with Gasteiger partial charge in [0.05, 0.1) is 0 Å². The quantitative estimate of drug-likeness (QED) is 0.550. The minimum Gasteiger partial charge on any atom is -0.330 e. The summed E-state index contributed by atoms with van der Waals surface area (Å²) in [5.74, 6) is 0.638. The average Bonchev–Trinajstić information content (AvgIpc) is 1.83. The lowest BCUT2D eigenvalue weighted by Crippen LogP contribution is -2.00. The van der Waals surface area contributed by atoms with Crippen LogP contribution in [-0.4, -0.2) is 6.54 Å². The van der Waals surface area contributed by atoms with Gasteiger partial charge in [-0.05, 0) is 25.3 Å². The van der Waals surface area contributed by atoms with Gasteiger partial charge in [0.25, 0.3) is 0 Å². The molecular formula is C7H15N. The Morgan fingerprint density at radius 2 is 2.38 bits per heavy atom. The van der Waals surface area contributed by atoms with Crippen molar-refractivity contribution in [2.75, 3.05) is 6.54 Å². The topological polar surface area (TPSA) is 26.0 Å². The first-order valence-corrected chi connectivity index (χ1v) is 3.14.